The molecule has 0 saturated heterocycles. The number of carboxylic acid groups (broad SMARTS) is 1. The van der Waals surface area contributed by atoms with E-state index in [1.807, 2.05) is 0 Å². The molecule has 7 heteroatoms. The van der Waals surface area contributed by atoms with Crippen molar-refractivity contribution >= 4 is 11.9 Å². The van der Waals surface area contributed by atoms with Gasteiger partial charge in [-0.1, -0.05) is 6.58 Å². The zero-order chi connectivity index (χ0) is 18.6. The smallest absolute Gasteiger partial charge is 0.341 e. The number of nitrogens with one attached hydrogen (secondary N) is 1. The number of carboxylic acids is 1. The quantitative estimate of drug-likeness (QED) is 0.783. The lowest BCUT2D eigenvalue weighted by Gasteiger charge is -2.14. The molecule has 0 bridgehead atoms. The second-order valence-electron chi connectivity index (χ2n) is 5.36. The number of hydrogen-bond donors (Lipinski definition) is 2. The molecule has 0 saturated carbocycles. The van der Waals surface area contributed by atoms with Crippen LogP contribution in [0, 0.1) is 12.7 Å². The van der Waals surface area contributed by atoms with Gasteiger partial charge in [-0.25, -0.2) is 9.18 Å². The number of halogens is 1. The first-order valence-corrected chi connectivity index (χ1v) is 7.49. The normalized spacial score (nSPS) is 10.3. The van der Waals surface area contributed by atoms with E-state index in [1.54, 1.807) is 6.92 Å². The number of aromatic carboxylic acids is 1. The third-order valence-corrected chi connectivity index (χ3v) is 3.77. The third kappa shape index (κ3) is 4.00. The molecular formula is C18H17FN2O4. The Morgan fingerprint density at radius 2 is 1.96 bits per heavy atom. The summed E-state index contributed by atoms with van der Waals surface area (Å²) in [7, 11) is 0. The van der Waals surface area contributed by atoms with Crippen LogP contribution in [0.25, 0.3) is 5.69 Å². The molecule has 130 valence electrons. The molecule has 0 spiro atoms. The molecular weight excluding hydrogens is 327 g/mol. The van der Waals surface area contributed by atoms with Crippen LogP contribution in [0.2, 0.25) is 0 Å². The van der Waals surface area contributed by atoms with Crippen LogP contribution in [0.1, 0.15) is 21.5 Å². The highest BCUT2D eigenvalue weighted by molar-refractivity contribution is 5.89. The van der Waals surface area contributed by atoms with Crippen LogP contribution >= 0.6 is 0 Å². The fourth-order valence-corrected chi connectivity index (χ4v) is 2.44. The van der Waals surface area contributed by atoms with Crippen molar-refractivity contribution in [3.63, 3.8) is 0 Å². The maximum Gasteiger partial charge on any atom is 0.341 e. The van der Waals surface area contributed by atoms with Gasteiger partial charge >= 0.3 is 5.97 Å². The average molecular weight is 344 g/mol. The minimum Gasteiger partial charge on any atom is -0.477 e. The molecule has 0 fully saturated rings. The largest absolute Gasteiger partial charge is 0.477 e. The monoisotopic (exact) mass is 344 g/mol. The van der Waals surface area contributed by atoms with E-state index < -0.39 is 17.3 Å². The zero-order valence-electron chi connectivity index (χ0n) is 13.6. The lowest BCUT2D eigenvalue weighted by atomic mass is 10.0. The Kier molecular flexibility index (Phi) is 5.49. The lowest BCUT2D eigenvalue weighted by molar-refractivity contribution is -0.116. The Morgan fingerprint density at radius 1 is 1.32 bits per heavy atom. The summed E-state index contributed by atoms with van der Waals surface area (Å²) in [5.74, 6) is -2.15. The van der Waals surface area contributed by atoms with E-state index in [4.69, 9.17) is 0 Å². The number of carbonyl (C=O) groups is 2. The Labute approximate surface area is 143 Å². The summed E-state index contributed by atoms with van der Waals surface area (Å²) in [4.78, 5) is 35.2. The van der Waals surface area contributed by atoms with Crippen LogP contribution in [0.3, 0.4) is 0 Å². The highest BCUT2D eigenvalue weighted by Crippen LogP contribution is 2.15. The molecule has 0 unspecified atom stereocenters. The maximum atomic E-state index is 13.1. The zero-order valence-corrected chi connectivity index (χ0v) is 13.6. The molecule has 2 rings (SSSR count). The topological polar surface area (TPSA) is 88.4 Å². The van der Waals surface area contributed by atoms with Gasteiger partial charge in [-0.2, -0.15) is 0 Å². The average Bonchev–Trinajstić information content (AvgIpc) is 2.57. The second-order valence-corrected chi connectivity index (χ2v) is 5.36. The Balaban J connectivity index is 2.50. The predicted molar refractivity (Wildman–Crippen MR) is 90.6 cm³/mol. The summed E-state index contributed by atoms with van der Waals surface area (Å²) in [6, 6.07) is 5.15. The fourth-order valence-electron chi connectivity index (χ4n) is 2.44. The van der Waals surface area contributed by atoms with Gasteiger partial charge in [0, 0.05) is 18.4 Å². The van der Waals surface area contributed by atoms with E-state index in [2.05, 4.69) is 11.9 Å². The van der Waals surface area contributed by atoms with Gasteiger partial charge in [-0.05, 0) is 54.8 Å². The number of nitrogens with zero attached hydrogens (tertiary/aromatic N) is 1. The van der Waals surface area contributed by atoms with Crippen LogP contribution in [0.15, 0.2) is 47.9 Å². The maximum absolute atomic E-state index is 13.1. The van der Waals surface area contributed by atoms with E-state index in [0.717, 1.165) is 6.08 Å². The SMILES string of the molecule is C=CC(=O)NCCc1cn(-c2ccc(F)cc2)c(=O)c(C(=O)O)c1C. The number of benzene rings is 1. The van der Waals surface area contributed by atoms with Crippen molar-refractivity contribution in [1.82, 2.24) is 9.88 Å². The summed E-state index contributed by atoms with van der Waals surface area (Å²) in [5, 5.41) is 12.0. The van der Waals surface area contributed by atoms with Crippen LogP contribution < -0.4 is 10.9 Å². The van der Waals surface area contributed by atoms with Crippen molar-refractivity contribution < 1.29 is 19.1 Å². The van der Waals surface area contributed by atoms with Crippen molar-refractivity contribution in [2.24, 2.45) is 0 Å². The molecule has 0 radical (unpaired) electrons. The predicted octanol–water partition coefficient (Wildman–Crippen LogP) is 1.83. The van der Waals surface area contributed by atoms with Crippen LogP contribution in [0.4, 0.5) is 4.39 Å². The van der Waals surface area contributed by atoms with Gasteiger partial charge in [0.15, 0.2) is 0 Å². The van der Waals surface area contributed by atoms with Gasteiger partial charge in [-0.3, -0.25) is 14.2 Å². The van der Waals surface area contributed by atoms with Crippen LogP contribution in [0.5, 0.6) is 0 Å². The van der Waals surface area contributed by atoms with E-state index in [-0.39, 0.29) is 18.0 Å². The van der Waals surface area contributed by atoms with E-state index >= 15 is 0 Å². The second kappa shape index (κ2) is 7.57. The molecule has 1 aromatic carbocycles. The van der Waals surface area contributed by atoms with Gasteiger partial charge in [0.05, 0.1) is 0 Å². The molecule has 0 aliphatic carbocycles. The lowest BCUT2D eigenvalue weighted by Crippen LogP contribution is -2.29. The molecule has 1 heterocycles. The molecule has 0 aliphatic rings. The first kappa shape index (κ1) is 18.1. The highest BCUT2D eigenvalue weighted by Gasteiger charge is 2.19. The first-order valence-electron chi connectivity index (χ1n) is 7.49. The Morgan fingerprint density at radius 3 is 2.52 bits per heavy atom. The molecule has 0 atom stereocenters. The van der Waals surface area contributed by atoms with Gasteiger partial charge in [0.25, 0.3) is 5.56 Å². The van der Waals surface area contributed by atoms with Crippen molar-refractivity contribution in [3.8, 4) is 5.69 Å². The molecule has 6 nitrogen and oxygen atoms in total. The fraction of sp³-hybridized carbons (Fsp3) is 0.167. The number of amides is 1. The van der Waals surface area contributed by atoms with Crippen molar-refractivity contribution in [3.05, 3.63) is 76.0 Å². The number of aromatic nitrogens is 1. The number of carbonyl (C=O) groups excluding carboxylic acids is 1. The van der Waals surface area contributed by atoms with Crippen molar-refractivity contribution in [1.29, 1.82) is 0 Å². The summed E-state index contributed by atoms with van der Waals surface area (Å²) >= 11 is 0. The minimum atomic E-state index is -1.34. The molecule has 1 aromatic heterocycles. The van der Waals surface area contributed by atoms with E-state index in [1.165, 1.54) is 35.0 Å². The Bertz CT molecular complexity index is 885. The summed E-state index contributed by atoms with van der Waals surface area (Å²) < 4.78 is 14.3. The number of pyridine rings is 1. The molecule has 25 heavy (non-hydrogen) atoms. The minimum absolute atomic E-state index is 0.256. The van der Waals surface area contributed by atoms with Gasteiger partial charge < -0.3 is 10.4 Å². The van der Waals surface area contributed by atoms with Crippen LogP contribution in [-0.4, -0.2) is 28.1 Å². The third-order valence-electron chi connectivity index (χ3n) is 3.77. The van der Waals surface area contributed by atoms with E-state index in [9.17, 15) is 23.9 Å². The summed E-state index contributed by atoms with van der Waals surface area (Å²) in [5.41, 5.74) is 0.229. The van der Waals surface area contributed by atoms with Gasteiger partial charge in [-0.15, -0.1) is 0 Å². The molecule has 1 amide bonds. The van der Waals surface area contributed by atoms with Crippen molar-refractivity contribution in [2.75, 3.05) is 6.54 Å². The van der Waals surface area contributed by atoms with E-state index in [0.29, 0.717) is 23.2 Å². The van der Waals surface area contributed by atoms with Gasteiger partial charge in [0.2, 0.25) is 5.91 Å². The van der Waals surface area contributed by atoms with Crippen molar-refractivity contribution in [2.45, 2.75) is 13.3 Å². The van der Waals surface area contributed by atoms with Crippen LogP contribution in [-0.2, 0) is 11.2 Å². The molecule has 0 aliphatic heterocycles. The van der Waals surface area contributed by atoms with Gasteiger partial charge in [0.1, 0.15) is 11.4 Å². The molecule has 2 N–H and O–H groups in total. The Hall–Kier alpha value is -3.22. The molecule has 2 aromatic rings. The summed E-state index contributed by atoms with van der Waals surface area (Å²) in [6.07, 6.45) is 2.97. The summed E-state index contributed by atoms with van der Waals surface area (Å²) in [6.45, 7) is 5.15. The number of hydrogen-bond acceptors (Lipinski definition) is 3. The highest BCUT2D eigenvalue weighted by atomic mass is 19.1. The standard InChI is InChI=1S/C18H17FN2O4/c1-3-15(22)20-9-8-12-10-21(14-6-4-13(19)5-7-14)17(23)16(11(12)2)18(24)25/h3-7,10H,1,8-9H2,2H3,(H,20,22)(H,24,25). The number of rotatable bonds is 6. The first-order chi connectivity index (χ1) is 11.8.